The van der Waals surface area contributed by atoms with Crippen LogP contribution in [0.5, 0.6) is 0 Å². The standard InChI is InChI=1S/C14H14ClNO2S.C12H11ClN2O2/c1-3-18-14(17)13-12(19-4-2)8-9-10(15)6-5-7-11(9)16-13;1-2-17-12(16)11-9(14)6-7-8(13)4-3-5-10(7)15-11/h5-8H,3-4H2,1-2H3;3-6H,2,14H2,1H3. The molecule has 188 valence electrons. The highest BCUT2D eigenvalue weighted by Crippen LogP contribution is 2.30. The van der Waals surface area contributed by atoms with Crippen molar-refractivity contribution < 1.29 is 19.1 Å². The van der Waals surface area contributed by atoms with Crippen molar-refractivity contribution in [1.29, 1.82) is 0 Å². The number of hydrogen-bond donors (Lipinski definition) is 1. The number of halogens is 2. The van der Waals surface area contributed by atoms with E-state index in [1.165, 1.54) is 0 Å². The van der Waals surface area contributed by atoms with Crippen LogP contribution in [0.25, 0.3) is 21.8 Å². The minimum absolute atomic E-state index is 0.126. The summed E-state index contributed by atoms with van der Waals surface area (Å²) in [5, 5.41) is 2.77. The summed E-state index contributed by atoms with van der Waals surface area (Å²) >= 11 is 13.7. The predicted molar refractivity (Wildman–Crippen MR) is 146 cm³/mol. The monoisotopic (exact) mass is 545 g/mol. The number of nitrogens with zero attached hydrogens (tertiary/aromatic N) is 2. The van der Waals surface area contributed by atoms with Crippen molar-refractivity contribution in [3.63, 3.8) is 0 Å². The quantitative estimate of drug-likeness (QED) is 0.207. The molecule has 2 aromatic heterocycles. The Kier molecular flexibility index (Phi) is 9.75. The molecule has 0 fully saturated rings. The maximum Gasteiger partial charge on any atom is 0.359 e. The Morgan fingerprint density at radius 3 is 1.86 bits per heavy atom. The summed E-state index contributed by atoms with van der Waals surface area (Å²) in [6, 6.07) is 14.3. The van der Waals surface area contributed by atoms with Gasteiger partial charge in [-0.15, -0.1) is 11.8 Å². The zero-order chi connectivity index (χ0) is 26.2. The minimum atomic E-state index is -0.521. The number of nitrogen functional groups attached to an aromatic ring is 1. The zero-order valence-corrected chi connectivity index (χ0v) is 22.3. The number of benzene rings is 2. The first-order chi connectivity index (χ1) is 17.3. The first kappa shape index (κ1) is 27.5. The number of thioether (sulfide) groups is 1. The van der Waals surface area contributed by atoms with Gasteiger partial charge in [-0.25, -0.2) is 19.6 Å². The Bertz CT molecular complexity index is 1420. The highest BCUT2D eigenvalue weighted by Gasteiger charge is 2.17. The van der Waals surface area contributed by atoms with Gasteiger partial charge in [0, 0.05) is 20.7 Å². The van der Waals surface area contributed by atoms with Crippen LogP contribution in [-0.2, 0) is 9.47 Å². The summed E-state index contributed by atoms with van der Waals surface area (Å²) in [6.07, 6.45) is 0. The van der Waals surface area contributed by atoms with E-state index in [1.54, 1.807) is 49.9 Å². The minimum Gasteiger partial charge on any atom is -0.461 e. The number of pyridine rings is 2. The van der Waals surface area contributed by atoms with Crippen LogP contribution in [0.3, 0.4) is 0 Å². The van der Waals surface area contributed by atoms with Gasteiger partial charge in [0.15, 0.2) is 11.4 Å². The average molecular weight is 546 g/mol. The number of nitrogens with two attached hydrogens (primary N) is 1. The maximum atomic E-state index is 11.9. The van der Waals surface area contributed by atoms with E-state index >= 15 is 0 Å². The molecule has 0 atom stereocenters. The van der Waals surface area contributed by atoms with Crippen molar-refractivity contribution in [2.24, 2.45) is 0 Å². The van der Waals surface area contributed by atoms with E-state index in [0.29, 0.717) is 33.4 Å². The molecule has 0 radical (unpaired) electrons. The molecule has 0 aliphatic carbocycles. The summed E-state index contributed by atoms with van der Waals surface area (Å²) in [7, 11) is 0. The maximum absolute atomic E-state index is 11.9. The molecule has 0 bridgehead atoms. The van der Waals surface area contributed by atoms with Crippen LogP contribution in [0.4, 0.5) is 5.69 Å². The fourth-order valence-corrected chi connectivity index (χ4v) is 4.52. The van der Waals surface area contributed by atoms with E-state index in [4.69, 9.17) is 38.4 Å². The number of aromatic nitrogens is 2. The number of anilines is 1. The molecule has 0 unspecified atom stereocenters. The third-order valence-electron chi connectivity index (χ3n) is 4.84. The average Bonchev–Trinajstić information content (AvgIpc) is 2.85. The molecule has 0 aliphatic heterocycles. The third-order valence-corrected chi connectivity index (χ3v) is 6.41. The van der Waals surface area contributed by atoms with Crippen molar-refractivity contribution >= 4 is 74.4 Å². The van der Waals surface area contributed by atoms with Gasteiger partial charge < -0.3 is 15.2 Å². The van der Waals surface area contributed by atoms with Crippen LogP contribution < -0.4 is 5.73 Å². The molecule has 0 saturated carbocycles. The Morgan fingerprint density at radius 2 is 1.33 bits per heavy atom. The second-order valence-corrected chi connectivity index (χ2v) is 9.37. The third kappa shape index (κ3) is 6.37. The number of carbonyl (C=O) groups is 2. The van der Waals surface area contributed by atoms with Gasteiger partial charge in [-0.05, 0) is 56.0 Å². The number of esters is 2. The van der Waals surface area contributed by atoms with Gasteiger partial charge in [-0.3, -0.25) is 0 Å². The molecule has 0 saturated heterocycles. The molecule has 36 heavy (non-hydrogen) atoms. The molecule has 10 heteroatoms. The fourth-order valence-electron chi connectivity index (χ4n) is 3.29. The van der Waals surface area contributed by atoms with Crippen LogP contribution in [0.15, 0.2) is 53.4 Å². The number of ether oxygens (including phenoxy) is 2. The Labute approximate surface area is 223 Å². The van der Waals surface area contributed by atoms with Crippen LogP contribution in [0.2, 0.25) is 10.0 Å². The Hall–Kier alpha value is -3.07. The first-order valence-corrected chi connectivity index (χ1v) is 13.0. The highest BCUT2D eigenvalue weighted by molar-refractivity contribution is 7.99. The largest absolute Gasteiger partial charge is 0.461 e. The molecule has 0 spiro atoms. The molecule has 7 nitrogen and oxygen atoms in total. The second-order valence-electron chi connectivity index (χ2n) is 7.25. The van der Waals surface area contributed by atoms with Gasteiger partial charge >= 0.3 is 11.9 Å². The van der Waals surface area contributed by atoms with Crippen molar-refractivity contribution in [3.8, 4) is 0 Å². The van der Waals surface area contributed by atoms with Gasteiger partial charge in [0.25, 0.3) is 0 Å². The lowest BCUT2D eigenvalue weighted by atomic mass is 10.2. The van der Waals surface area contributed by atoms with Crippen LogP contribution in [-0.4, -0.2) is 40.9 Å². The first-order valence-electron chi connectivity index (χ1n) is 11.2. The van der Waals surface area contributed by atoms with Crippen molar-refractivity contribution in [2.45, 2.75) is 25.7 Å². The van der Waals surface area contributed by atoms with E-state index in [9.17, 15) is 9.59 Å². The van der Waals surface area contributed by atoms with Gasteiger partial charge in [0.2, 0.25) is 0 Å². The number of carbonyl (C=O) groups excluding carboxylic acids is 2. The second kappa shape index (κ2) is 12.8. The Balaban J connectivity index is 0.000000202. The lowest BCUT2D eigenvalue weighted by Gasteiger charge is -2.09. The zero-order valence-electron chi connectivity index (χ0n) is 20.0. The van der Waals surface area contributed by atoms with Crippen molar-refractivity contribution in [2.75, 3.05) is 24.7 Å². The molecule has 0 amide bonds. The lowest BCUT2D eigenvalue weighted by Crippen LogP contribution is -2.10. The number of hydrogen-bond acceptors (Lipinski definition) is 8. The summed E-state index contributed by atoms with van der Waals surface area (Å²) in [4.78, 5) is 32.9. The summed E-state index contributed by atoms with van der Waals surface area (Å²) in [6.45, 7) is 6.16. The van der Waals surface area contributed by atoms with Crippen LogP contribution in [0.1, 0.15) is 41.7 Å². The number of fused-ring (bicyclic) bond motifs is 2. The predicted octanol–water partition coefficient (Wildman–Crippen LogP) is 6.82. The molecule has 4 aromatic rings. The van der Waals surface area contributed by atoms with Gasteiger partial charge in [-0.2, -0.15) is 0 Å². The summed E-state index contributed by atoms with van der Waals surface area (Å²) in [5.74, 6) is -0.0588. The smallest absolute Gasteiger partial charge is 0.359 e. The molecule has 2 N–H and O–H groups in total. The van der Waals surface area contributed by atoms with E-state index in [2.05, 4.69) is 9.97 Å². The van der Waals surface area contributed by atoms with Crippen molar-refractivity contribution in [3.05, 3.63) is 70.0 Å². The SMILES string of the molecule is CCOC(=O)c1nc2cccc(Cl)c2cc1N.CCOC(=O)c1nc2cccc(Cl)c2cc1SCC. The molecule has 2 heterocycles. The van der Waals surface area contributed by atoms with Crippen LogP contribution >= 0.6 is 35.0 Å². The number of rotatable bonds is 6. The van der Waals surface area contributed by atoms with Crippen molar-refractivity contribution in [1.82, 2.24) is 9.97 Å². The highest BCUT2D eigenvalue weighted by atomic mass is 35.5. The molecule has 2 aromatic carbocycles. The molecular formula is C26H25Cl2N3O4S. The van der Waals surface area contributed by atoms with E-state index in [1.807, 2.05) is 31.2 Å². The topological polar surface area (TPSA) is 104 Å². The normalized spacial score (nSPS) is 10.6. The molecular weight excluding hydrogens is 521 g/mol. The van der Waals surface area contributed by atoms with E-state index < -0.39 is 5.97 Å². The molecule has 0 aliphatic rings. The summed E-state index contributed by atoms with van der Waals surface area (Å²) < 4.78 is 9.92. The van der Waals surface area contributed by atoms with E-state index in [-0.39, 0.29) is 24.0 Å². The van der Waals surface area contributed by atoms with Gasteiger partial charge in [0.1, 0.15) is 0 Å². The lowest BCUT2D eigenvalue weighted by molar-refractivity contribution is 0.0508. The van der Waals surface area contributed by atoms with Gasteiger partial charge in [-0.1, -0.05) is 42.3 Å². The summed E-state index contributed by atoms with van der Waals surface area (Å²) in [5.41, 5.74) is 7.85. The van der Waals surface area contributed by atoms with E-state index in [0.717, 1.165) is 21.4 Å². The Morgan fingerprint density at radius 1 is 0.833 bits per heavy atom. The fraction of sp³-hybridized carbons (Fsp3) is 0.231. The molecule has 4 rings (SSSR count). The van der Waals surface area contributed by atoms with Gasteiger partial charge in [0.05, 0.1) is 35.0 Å². The van der Waals surface area contributed by atoms with Crippen LogP contribution in [0, 0.1) is 0 Å².